The smallest absolute Gasteiger partial charge is 0.335 e. The zero-order chi connectivity index (χ0) is 40.2. The second-order valence-corrected chi connectivity index (χ2v) is 13.9. The molecule has 0 aliphatic carbocycles. The third-order valence-corrected chi connectivity index (χ3v) is 8.06. The van der Waals surface area contributed by atoms with Crippen molar-refractivity contribution in [2.24, 2.45) is 5.11 Å². The fraction of sp³-hybridized carbons (Fsp3) is 0.676. The Bertz CT molecular complexity index is 1400. The number of nitrogens with one attached hydrogen (secondary N) is 5. The highest BCUT2D eigenvalue weighted by Gasteiger charge is 2.35. The fourth-order valence-corrected chi connectivity index (χ4v) is 5.16. The molecule has 1 aromatic carbocycles. The van der Waals surface area contributed by atoms with Crippen LogP contribution in [-0.2, 0) is 35.3 Å². The van der Waals surface area contributed by atoms with Crippen LogP contribution in [0.2, 0.25) is 0 Å². The molecule has 302 valence electrons. The van der Waals surface area contributed by atoms with Gasteiger partial charge in [-0.15, -0.1) is 0 Å². The van der Waals surface area contributed by atoms with Gasteiger partial charge < -0.3 is 46.0 Å². The Hall–Kier alpha value is -4.73. The molecule has 0 saturated heterocycles. The third-order valence-electron chi connectivity index (χ3n) is 8.06. The lowest BCUT2D eigenvalue weighted by molar-refractivity contribution is -0.180. The topological polar surface area (TPSA) is 250 Å². The predicted octanol–water partition coefficient (Wildman–Crippen LogP) is 3.69. The molecule has 0 bridgehead atoms. The van der Waals surface area contributed by atoms with Gasteiger partial charge in [-0.2, -0.15) is 0 Å². The van der Waals surface area contributed by atoms with Crippen molar-refractivity contribution >= 4 is 35.9 Å². The third kappa shape index (κ3) is 23.0. The van der Waals surface area contributed by atoms with Crippen molar-refractivity contribution in [3.8, 4) is 5.75 Å². The number of aliphatic carboxylic acids is 1. The predicted molar refractivity (Wildman–Crippen MR) is 203 cm³/mol. The van der Waals surface area contributed by atoms with Crippen LogP contribution < -0.4 is 31.3 Å². The average Bonchev–Trinajstić information content (AvgIpc) is 3.10. The summed E-state index contributed by atoms with van der Waals surface area (Å²) in [5.74, 6) is -1.55. The van der Waals surface area contributed by atoms with Gasteiger partial charge >= 0.3 is 5.97 Å². The van der Waals surface area contributed by atoms with Crippen LogP contribution in [-0.4, -0.2) is 98.1 Å². The zero-order valence-electron chi connectivity index (χ0n) is 32.3. The van der Waals surface area contributed by atoms with E-state index >= 15 is 0 Å². The highest BCUT2D eigenvalue weighted by atomic mass is 16.5. The van der Waals surface area contributed by atoms with Gasteiger partial charge in [-0.3, -0.25) is 19.2 Å². The van der Waals surface area contributed by atoms with E-state index in [-0.39, 0.29) is 50.3 Å². The summed E-state index contributed by atoms with van der Waals surface area (Å²) in [5.41, 5.74) is 7.24. The van der Waals surface area contributed by atoms with E-state index in [0.717, 1.165) is 44.0 Å². The van der Waals surface area contributed by atoms with E-state index in [0.29, 0.717) is 69.7 Å². The minimum Gasteiger partial charge on any atom is -0.492 e. The number of benzene rings is 1. The molecule has 17 heteroatoms. The van der Waals surface area contributed by atoms with E-state index in [9.17, 15) is 33.9 Å². The van der Waals surface area contributed by atoms with Crippen LogP contribution >= 0.6 is 0 Å². The first-order chi connectivity index (χ1) is 25.7. The van der Waals surface area contributed by atoms with E-state index in [1.54, 1.807) is 32.0 Å². The van der Waals surface area contributed by atoms with Gasteiger partial charge in [0.15, 0.2) is 5.60 Å². The molecule has 1 aromatic rings. The molecule has 0 aromatic heterocycles. The molecule has 6 N–H and O–H groups in total. The van der Waals surface area contributed by atoms with Gasteiger partial charge in [-0.05, 0) is 89.1 Å². The molecule has 0 aliphatic rings. The Morgan fingerprint density at radius 2 is 1.46 bits per heavy atom. The molecule has 0 heterocycles. The summed E-state index contributed by atoms with van der Waals surface area (Å²) in [5, 5.41) is 27.2. The first-order valence-electron chi connectivity index (χ1n) is 18.6. The molecule has 0 radical (unpaired) electrons. The number of carboxylic acid groups (broad SMARTS) is 1. The molecule has 0 saturated carbocycles. The number of aldehydes is 1. The van der Waals surface area contributed by atoms with Crippen LogP contribution in [0.15, 0.2) is 23.3 Å². The second-order valence-electron chi connectivity index (χ2n) is 13.9. The number of unbranched alkanes of at least 4 members (excludes halogenated alkanes) is 5. The summed E-state index contributed by atoms with van der Waals surface area (Å²) in [6.07, 6.45) is 7.00. The van der Waals surface area contributed by atoms with Crippen molar-refractivity contribution in [1.82, 2.24) is 26.6 Å². The highest BCUT2D eigenvalue weighted by molar-refractivity contribution is 5.95. The molecule has 0 aliphatic heterocycles. The van der Waals surface area contributed by atoms with E-state index in [1.165, 1.54) is 13.8 Å². The summed E-state index contributed by atoms with van der Waals surface area (Å²) < 4.78 is 11.6. The highest BCUT2D eigenvalue weighted by Crippen LogP contribution is 2.23. The number of carbonyl (C=O) groups excluding carboxylic acids is 5. The van der Waals surface area contributed by atoms with Crippen LogP contribution in [0.3, 0.4) is 0 Å². The molecular weight excluding hydrogens is 700 g/mol. The lowest BCUT2D eigenvalue weighted by Gasteiger charge is -2.33. The number of nitrogens with zero attached hydrogens (tertiary/aromatic N) is 3. The van der Waals surface area contributed by atoms with Gasteiger partial charge in [0.05, 0.1) is 12.1 Å². The fourth-order valence-electron chi connectivity index (χ4n) is 5.16. The number of carbonyl (C=O) groups is 6. The van der Waals surface area contributed by atoms with Crippen LogP contribution in [0.4, 0.5) is 0 Å². The lowest BCUT2D eigenvalue weighted by Crippen LogP contribution is -2.44. The Labute approximate surface area is 318 Å². The average molecular weight is 761 g/mol. The number of carboxylic acids is 1. The quantitative estimate of drug-likeness (QED) is 0.0211. The van der Waals surface area contributed by atoms with Crippen LogP contribution in [0.1, 0.15) is 114 Å². The molecule has 0 atom stereocenters. The number of amides is 4. The number of hydrogen-bond donors (Lipinski definition) is 6. The van der Waals surface area contributed by atoms with Crippen molar-refractivity contribution in [1.29, 1.82) is 0 Å². The maximum absolute atomic E-state index is 13.1. The number of rotatable bonds is 31. The summed E-state index contributed by atoms with van der Waals surface area (Å²) in [6.45, 7) is 8.92. The molecular formula is C37H60N8O9. The number of ether oxygens (including phenoxy) is 2. The van der Waals surface area contributed by atoms with Crippen LogP contribution in [0.25, 0.3) is 10.4 Å². The normalized spacial score (nSPS) is 11.2. The molecule has 17 nitrogen and oxygen atoms in total. The molecule has 54 heavy (non-hydrogen) atoms. The first kappa shape index (κ1) is 47.3. The molecule has 0 spiro atoms. The largest absolute Gasteiger partial charge is 0.492 e. The molecule has 0 fully saturated rings. The SMILES string of the molecule is CC(C)(CCNC(=O)CCNCc1cc(OCCNC(=O)CCCCCN=[N+]=[N-])cc(C(=O)NCCC(=O)NCCCCCC=O)c1)OC(C)(C)C(=O)O. The van der Waals surface area contributed by atoms with Crippen molar-refractivity contribution < 1.29 is 43.3 Å². The Morgan fingerprint density at radius 1 is 0.796 bits per heavy atom. The van der Waals surface area contributed by atoms with Crippen LogP contribution in [0.5, 0.6) is 5.75 Å². The Morgan fingerprint density at radius 3 is 2.17 bits per heavy atom. The maximum atomic E-state index is 13.1. The zero-order valence-corrected chi connectivity index (χ0v) is 32.3. The van der Waals surface area contributed by atoms with Crippen molar-refractivity contribution in [3.63, 3.8) is 0 Å². The molecule has 1 rings (SSSR count). The molecule has 4 amide bonds. The summed E-state index contributed by atoms with van der Waals surface area (Å²) >= 11 is 0. The van der Waals surface area contributed by atoms with Gasteiger partial charge in [0.2, 0.25) is 17.7 Å². The van der Waals surface area contributed by atoms with Crippen molar-refractivity contribution in [3.05, 3.63) is 39.8 Å². The van der Waals surface area contributed by atoms with Gasteiger partial charge in [-0.1, -0.05) is 18.0 Å². The minimum absolute atomic E-state index is 0.102. The Kier molecular flexibility index (Phi) is 23.6. The van der Waals surface area contributed by atoms with Gasteiger partial charge in [-0.25, -0.2) is 4.79 Å². The Balaban J connectivity index is 2.68. The standard InChI is InChI=1S/C37H60N8O9/c1-36(2,54-37(3,4)35(51)52)15-20-41-32(48)13-18-39-27-28-24-29(34(50)43-19-14-33(49)40-16-9-5-6-11-22-46)26-30(25-28)53-23-21-42-31(47)12-8-7-10-17-44-45-38/h22,24-26,39H,5-21,23,27H2,1-4H3,(H,40,49)(H,41,48)(H,42,47)(H,43,50)(H,51,52). The number of azide groups is 1. The van der Waals surface area contributed by atoms with Crippen molar-refractivity contribution in [2.75, 3.05) is 45.9 Å². The van der Waals surface area contributed by atoms with Gasteiger partial charge in [0.25, 0.3) is 5.91 Å². The van der Waals surface area contributed by atoms with E-state index in [1.807, 2.05) is 0 Å². The number of hydrogen-bond acceptors (Lipinski definition) is 10. The molecule has 0 unspecified atom stereocenters. The summed E-state index contributed by atoms with van der Waals surface area (Å²) in [4.78, 5) is 74.4. The van der Waals surface area contributed by atoms with Gasteiger partial charge in [0, 0.05) is 75.4 Å². The van der Waals surface area contributed by atoms with E-state index in [4.69, 9.17) is 15.0 Å². The van der Waals surface area contributed by atoms with E-state index in [2.05, 4.69) is 36.6 Å². The van der Waals surface area contributed by atoms with E-state index < -0.39 is 23.1 Å². The summed E-state index contributed by atoms with van der Waals surface area (Å²) in [6, 6.07) is 5.04. The monoisotopic (exact) mass is 760 g/mol. The summed E-state index contributed by atoms with van der Waals surface area (Å²) in [7, 11) is 0. The van der Waals surface area contributed by atoms with Crippen molar-refractivity contribution in [2.45, 2.75) is 116 Å². The second kappa shape index (κ2) is 26.9. The van der Waals surface area contributed by atoms with Gasteiger partial charge in [0.1, 0.15) is 18.6 Å². The first-order valence-corrected chi connectivity index (χ1v) is 18.6. The lowest BCUT2D eigenvalue weighted by atomic mass is 10.0. The van der Waals surface area contributed by atoms with Crippen LogP contribution in [0, 0.1) is 0 Å². The maximum Gasteiger partial charge on any atom is 0.335 e. The minimum atomic E-state index is -1.36.